The molecule has 8 heteroatoms. The van der Waals surface area contributed by atoms with Gasteiger partial charge in [-0.3, -0.25) is 19.0 Å². The topological polar surface area (TPSA) is 90.3 Å². The maximum atomic E-state index is 12.2. The van der Waals surface area contributed by atoms with E-state index >= 15 is 0 Å². The van der Waals surface area contributed by atoms with Crippen molar-refractivity contribution in [2.75, 3.05) is 0 Å². The summed E-state index contributed by atoms with van der Waals surface area (Å²) in [5, 5.41) is 5.13. The zero-order chi connectivity index (χ0) is 16.4. The van der Waals surface area contributed by atoms with Gasteiger partial charge >= 0.3 is 5.97 Å². The number of ether oxygens (including phenoxy) is 1. The molecule has 0 radical (unpaired) electrons. The van der Waals surface area contributed by atoms with Gasteiger partial charge in [-0.05, 0) is 31.2 Å². The van der Waals surface area contributed by atoms with E-state index in [4.69, 9.17) is 4.74 Å². The highest BCUT2D eigenvalue weighted by Crippen LogP contribution is 2.18. The lowest BCUT2D eigenvalue weighted by Gasteiger charge is -2.13. The molecule has 2 aromatic rings. The van der Waals surface area contributed by atoms with Crippen molar-refractivity contribution in [3.05, 3.63) is 28.1 Å². The summed E-state index contributed by atoms with van der Waals surface area (Å²) < 4.78 is 6.47. The van der Waals surface area contributed by atoms with Gasteiger partial charge in [-0.25, -0.2) is 4.98 Å². The molecule has 0 saturated heterocycles. The van der Waals surface area contributed by atoms with Gasteiger partial charge in [0.1, 0.15) is 4.83 Å². The molecule has 1 atom stereocenters. The first-order valence-electron chi connectivity index (χ1n) is 7.47. The summed E-state index contributed by atoms with van der Waals surface area (Å²) in [6.45, 7) is 1.72. The predicted molar refractivity (Wildman–Crippen MR) is 85.2 cm³/mol. The van der Waals surface area contributed by atoms with Crippen LogP contribution in [0, 0.1) is 0 Å². The molecule has 3 rings (SSSR count). The van der Waals surface area contributed by atoms with E-state index in [1.54, 1.807) is 18.4 Å². The third-order valence-electron chi connectivity index (χ3n) is 3.61. The Hall–Kier alpha value is -2.22. The largest absolute Gasteiger partial charge is 0.452 e. The SMILES string of the molecule is C[C@@H](OC(=O)CCn1cnc2sccc2c1=O)C(=O)NC1CC1. The van der Waals surface area contributed by atoms with Gasteiger partial charge in [0, 0.05) is 12.6 Å². The van der Waals surface area contributed by atoms with Gasteiger partial charge in [0.05, 0.1) is 18.1 Å². The van der Waals surface area contributed by atoms with E-state index in [1.807, 2.05) is 0 Å². The Bertz CT molecular complexity index is 793. The van der Waals surface area contributed by atoms with Crippen LogP contribution >= 0.6 is 11.3 Å². The number of nitrogens with one attached hydrogen (secondary N) is 1. The summed E-state index contributed by atoms with van der Waals surface area (Å²) in [6, 6.07) is 1.94. The van der Waals surface area contributed by atoms with E-state index in [9.17, 15) is 14.4 Å². The fraction of sp³-hybridized carbons (Fsp3) is 0.467. The van der Waals surface area contributed by atoms with Crippen LogP contribution in [0.25, 0.3) is 10.2 Å². The lowest BCUT2D eigenvalue weighted by atomic mass is 10.3. The maximum Gasteiger partial charge on any atom is 0.308 e. The first kappa shape index (κ1) is 15.7. The van der Waals surface area contributed by atoms with Gasteiger partial charge in [-0.15, -0.1) is 11.3 Å². The third-order valence-corrected chi connectivity index (χ3v) is 4.43. The Labute approximate surface area is 136 Å². The number of aromatic nitrogens is 2. The van der Waals surface area contributed by atoms with Crippen molar-refractivity contribution >= 4 is 33.4 Å². The standard InChI is InChI=1S/C15H17N3O4S/c1-9(13(20)17-10-2-3-10)22-12(19)4-6-18-8-16-14-11(15(18)21)5-7-23-14/h5,7-10H,2-4,6H2,1H3,(H,17,20)/t9-/m1/s1. The lowest BCUT2D eigenvalue weighted by Crippen LogP contribution is -2.37. The number of aryl methyl sites for hydroxylation is 1. The normalized spacial score (nSPS) is 15.3. The number of carbonyl (C=O) groups is 2. The highest BCUT2D eigenvalue weighted by molar-refractivity contribution is 7.16. The highest BCUT2D eigenvalue weighted by Gasteiger charge is 2.27. The molecular weight excluding hydrogens is 318 g/mol. The van der Waals surface area contributed by atoms with Crippen molar-refractivity contribution in [3.63, 3.8) is 0 Å². The van der Waals surface area contributed by atoms with Crippen LogP contribution in [0.1, 0.15) is 26.2 Å². The number of esters is 1. The average Bonchev–Trinajstić information content (AvgIpc) is 3.19. The Kier molecular flexibility index (Phi) is 4.42. The van der Waals surface area contributed by atoms with E-state index in [0.29, 0.717) is 10.2 Å². The van der Waals surface area contributed by atoms with Crippen LogP contribution in [0.4, 0.5) is 0 Å². The Morgan fingerprint density at radius 3 is 3.04 bits per heavy atom. The van der Waals surface area contributed by atoms with Crippen LogP contribution in [0.2, 0.25) is 0 Å². The van der Waals surface area contributed by atoms with E-state index in [-0.39, 0.29) is 30.5 Å². The van der Waals surface area contributed by atoms with Crippen LogP contribution in [0.15, 0.2) is 22.6 Å². The molecule has 0 spiro atoms. The quantitative estimate of drug-likeness (QED) is 0.797. The zero-order valence-corrected chi connectivity index (χ0v) is 13.5. The number of hydrogen-bond donors (Lipinski definition) is 1. The first-order valence-corrected chi connectivity index (χ1v) is 8.35. The maximum absolute atomic E-state index is 12.2. The molecule has 23 heavy (non-hydrogen) atoms. The number of carbonyl (C=O) groups excluding carboxylic acids is 2. The fourth-order valence-electron chi connectivity index (χ4n) is 2.12. The number of fused-ring (bicyclic) bond motifs is 1. The minimum Gasteiger partial charge on any atom is -0.452 e. The fourth-order valence-corrected chi connectivity index (χ4v) is 2.84. The van der Waals surface area contributed by atoms with E-state index < -0.39 is 12.1 Å². The second-order valence-corrected chi connectivity index (χ2v) is 6.44. The van der Waals surface area contributed by atoms with Gasteiger partial charge < -0.3 is 10.1 Å². The number of hydrogen-bond acceptors (Lipinski definition) is 6. The van der Waals surface area contributed by atoms with Gasteiger partial charge in [-0.1, -0.05) is 0 Å². The van der Waals surface area contributed by atoms with Crippen molar-refractivity contribution in [2.45, 2.75) is 44.9 Å². The van der Waals surface area contributed by atoms with Crippen molar-refractivity contribution in [1.29, 1.82) is 0 Å². The molecule has 7 nitrogen and oxygen atoms in total. The highest BCUT2D eigenvalue weighted by atomic mass is 32.1. The summed E-state index contributed by atoms with van der Waals surface area (Å²) in [4.78, 5) is 40.6. The molecule has 1 saturated carbocycles. The molecule has 0 aliphatic heterocycles. The molecule has 1 aliphatic carbocycles. The Morgan fingerprint density at radius 2 is 2.30 bits per heavy atom. The Balaban J connectivity index is 1.54. The Morgan fingerprint density at radius 1 is 1.52 bits per heavy atom. The van der Waals surface area contributed by atoms with Crippen molar-refractivity contribution < 1.29 is 14.3 Å². The molecule has 0 unspecified atom stereocenters. The minimum atomic E-state index is -0.822. The van der Waals surface area contributed by atoms with Crippen LogP contribution in [-0.4, -0.2) is 33.6 Å². The lowest BCUT2D eigenvalue weighted by molar-refractivity contribution is -0.155. The number of thiophene rings is 1. The molecular formula is C15H17N3O4S. The smallest absolute Gasteiger partial charge is 0.308 e. The molecule has 1 amide bonds. The molecule has 2 heterocycles. The van der Waals surface area contributed by atoms with Gasteiger partial charge in [-0.2, -0.15) is 0 Å². The van der Waals surface area contributed by atoms with E-state index in [2.05, 4.69) is 10.3 Å². The molecule has 1 N–H and O–H groups in total. The van der Waals surface area contributed by atoms with Crippen molar-refractivity contribution in [2.24, 2.45) is 0 Å². The summed E-state index contributed by atoms with van der Waals surface area (Å²) >= 11 is 1.40. The minimum absolute atomic E-state index is 0.0122. The summed E-state index contributed by atoms with van der Waals surface area (Å²) in [5.74, 6) is -0.792. The monoisotopic (exact) mass is 335 g/mol. The summed E-state index contributed by atoms with van der Waals surface area (Å²) in [7, 11) is 0. The van der Waals surface area contributed by atoms with Crippen LogP contribution in [0.5, 0.6) is 0 Å². The van der Waals surface area contributed by atoms with Crippen LogP contribution < -0.4 is 10.9 Å². The van der Waals surface area contributed by atoms with Crippen LogP contribution in [0.3, 0.4) is 0 Å². The molecule has 0 bridgehead atoms. The number of rotatable bonds is 6. The van der Waals surface area contributed by atoms with Crippen LogP contribution in [-0.2, 0) is 20.9 Å². The molecule has 0 aromatic carbocycles. The molecule has 1 fully saturated rings. The first-order chi connectivity index (χ1) is 11.0. The molecule has 122 valence electrons. The van der Waals surface area contributed by atoms with Gasteiger partial charge in [0.2, 0.25) is 0 Å². The van der Waals surface area contributed by atoms with E-state index in [0.717, 1.165) is 12.8 Å². The molecule has 1 aliphatic rings. The predicted octanol–water partition coefficient (Wildman–Crippen LogP) is 1.06. The number of amides is 1. The zero-order valence-electron chi connectivity index (χ0n) is 12.7. The average molecular weight is 335 g/mol. The van der Waals surface area contributed by atoms with Gasteiger partial charge in [0.25, 0.3) is 11.5 Å². The third kappa shape index (κ3) is 3.76. The van der Waals surface area contributed by atoms with Crippen molar-refractivity contribution in [1.82, 2.24) is 14.9 Å². The van der Waals surface area contributed by atoms with Crippen molar-refractivity contribution in [3.8, 4) is 0 Å². The molecule has 2 aromatic heterocycles. The van der Waals surface area contributed by atoms with E-state index in [1.165, 1.54) is 22.2 Å². The summed E-state index contributed by atoms with van der Waals surface area (Å²) in [6.07, 6.45) is 2.58. The second-order valence-electron chi connectivity index (χ2n) is 5.55. The second kappa shape index (κ2) is 6.49. The van der Waals surface area contributed by atoms with Gasteiger partial charge in [0.15, 0.2) is 6.10 Å². The summed E-state index contributed by atoms with van der Waals surface area (Å²) in [5.41, 5.74) is -0.177. The number of nitrogens with zero attached hydrogens (tertiary/aromatic N) is 2.